The van der Waals surface area contributed by atoms with Gasteiger partial charge in [0, 0.05) is 22.2 Å². The molecule has 9 heteroatoms. The van der Waals surface area contributed by atoms with Crippen molar-refractivity contribution in [3.8, 4) is 0 Å². The van der Waals surface area contributed by atoms with Crippen LogP contribution in [0.3, 0.4) is 0 Å². The Kier molecular flexibility index (Phi) is 5.38. The number of hydrogen-bond donors (Lipinski definition) is 3. The zero-order valence-corrected chi connectivity index (χ0v) is 15.9. The van der Waals surface area contributed by atoms with E-state index in [1.807, 2.05) is 32.3 Å². The van der Waals surface area contributed by atoms with Crippen LogP contribution in [0.25, 0.3) is 10.2 Å². The Labute approximate surface area is 153 Å². The van der Waals surface area contributed by atoms with Crippen molar-refractivity contribution in [2.24, 2.45) is 5.10 Å². The Morgan fingerprint density at radius 3 is 2.96 bits per heavy atom. The molecule has 0 aromatic carbocycles. The summed E-state index contributed by atoms with van der Waals surface area (Å²) in [6, 6.07) is 2.02. The monoisotopic (exact) mass is 376 g/mol. The number of thiophene rings is 1. The average molecular weight is 377 g/mol. The number of rotatable bonds is 7. The Morgan fingerprint density at radius 1 is 1.36 bits per heavy atom. The normalized spacial score (nSPS) is 12.3. The molecule has 0 saturated heterocycles. The van der Waals surface area contributed by atoms with E-state index in [2.05, 4.69) is 30.8 Å². The first-order chi connectivity index (χ1) is 12.0. The molecule has 0 amide bonds. The summed E-state index contributed by atoms with van der Waals surface area (Å²) in [6.45, 7) is 4.82. The van der Waals surface area contributed by atoms with Crippen LogP contribution in [-0.4, -0.2) is 39.9 Å². The molecule has 7 nitrogen and oxygen atoms in total. The van der Waals surface area contributed by atoms with Crippen LogP contribution in [0, 0.1) is 0 Å². The Bertz CT molecular complexity index is 886. The maximum absolute atomic E-state index is 9.57. The zero-order valence-electron chi connectivity index (χ0n) is 14.3. The van der Waals surface area contributed by atoms with Crippen molar-refractivity contribution in [2.75, 3.05) is 19.1 Å². The van der Waals surface area contributed by atoms with Crippen molar-refractivity contribution in [1.29, 1.82) is 0 Å². The summed E-state index contributed by atoms with van der Waals surface area (Å²) in [5.74, 6) is 0.643. The molecule has 0 atom stereocenters. The van der Waals surface area contributed by atoms with E-state index in [1.54, 1.807) is 17.6 Å². The number of hydrazone groups is 1. The Balaban J connectivity index is 1.80. The van der Waals surface area contributed by atoms with E-state index >= 15 is 0 Å². The second kappa shape index (κ2) is 7.52. The number of aliphatic hydroxyl groups is 1. The third kappa shape index (κ3) is 4.01. The molecular formula is C16H20N6OS2. The lowest BCUT2D eigenvalue weighted by Gasteiger charge is -2.18. The summed E-state index contributed by atoms with van der Waals surface area (Å²) in [5.41, 5.74) is 3.66. The molecule has 0 bridgehead atoms. The van der Waals surface area contributed by atoms with E-state index in [9.17, 15) is 5.11 Å². The highest BCUT2D eigenvalue weighted by Gasteiger charge is 2.23. The van der Waals surface area contributed by atoms with Crippen molar-refractivity contribution in [2.45, 2.75) is 25.8 Å². The fraction of sp³-hybridized carbons (Fsp3) is 0.375. The van der Waals surface area contributed by atoms with Gasteiger partial charge in [-0.1, -0.05) is 13.8 Å². The van der Waals surface area contributed by atoms with Crippen LogP contribution in [0.5, 0.6) is 0 Å². The largest absolute Gasteiger partial charge is 0.395 e. The third-order valence-electron chi connectivity index (χ3n) is 3.66. The number of nitrogens with one attached hydrogen (secondary N) is 2. The van der Waals surface area contributed by atoms with Crippen LogP contribution in [0.2, 0.25) is 0 Å². The molecule has 0 aliphatic rings. The molecule has 0 unspecified atom stereocenters. The second-order valence-electron chi connectivity index (χ2n) is 6.17. The first kappa shape index (κ1) is 17.9. The first-order valence-electron chi connectivity index (χ1n) is 7.77. The van der Waals surface area contributed by atoms with Gasteiger partial charge in [-0.05, 0) is 13.1 Å². The smallest absolute Gasteiger partial charge is 0.158 e. The highest BCUT2D eigenvalue weighted by molar-refractivity contribution is 7.18. The van der Waals surface area contributed by atoms with Crippen molar-refractivity contribution in [3.05, 3.63) is 33.4 Å². The molecule has 0 aliphatic heterocycles. The molecule has 3 N–H and O–H groups in total. The summed E-state index contributed by atoms with van der Waals surface area (Å²) in [4.78, 5) is 15.0. The number of nitrogens with zero attached hydrogens (tertiary/aromatic N) is 4. The van der Waals surface area contributed by atoms with Gasteiger partial charge in [-0.15, -0.1) is 22.7 Å². The minimum absolute atomic E-state index is 0.0766. The van der Waals surface area contributed by atoms with E-state index in [1.165, 1.54) is 17.7 Å². The molecule has 0 saturated carbocycles. The van der Waals surface area contributed by atoms with E-state index in [0.29, 0.717) is 5.82 Å². The number of hydrogen-bond acceptors (Lipinski definition) is 9. The summed E-state index contributed by atoms with van der Waals surface area (Å²) < 4.78 is 0. The fourth-order valence-electron chi connectivity index (χ4n) is 2.15. The predicted molar refractivity (Wildman–Crippen MR) is 104 cm³/mol. The van der Waals surface area contributed by atoms with Gasteiger partial charge in [-0.2, -0.15) is 5.10 Å². The van der Waals surface area contributed by atoms with Crippen LogP contribution < -0.4 is 10.7 Å². The number of aliphatic hydroxyl groups excluding tert-OH is 1. The van der Waals surface area contributed by atoms with Gasteiger partial charge in [0.15, 0.2) is 5.82 Å². The van der Waals surface area contributed by atoms with Crippen molar-refractivity contribution in [3.63, 3.8) is 0 Å². The van der Waals surface area contributed by atoms with Gasteiger partial charge in [0.25, 0.3) is 0 Å². The third-order valence-corrected chi connectivity index (χ3v) is 5.90. The molecule has 0 spiro atoms. The summed E-state index contributed by atoms with van der Waals surface area (Å²) >= 11 is 3.10. The van der Waals surface area contributed by atoms with E-state index in [-0.39, 0.29) is 12.0 Å². The molecule has 3 heterocycles. The van der Waals surface area contributed by atoms with Crippen LogP contribution in [0.1, 0.15) is 29.4 Å². The average Bonchev–Trinajstić information content (AvgIpc) is 3.23. The molecule has 3 aromatic rings. The van der Waals surface area contributed by atoms with Gasteiger partial charge in [0.05, 0.1) is 23.9 Å². The molecule has 132 valence electrons. The molecule has 0 fully saturated rings. The number of thiazole rings is 1. The lowest BCUT2D eigenvalue weighted by Crippen LogP contribution is -2.20. The first-order valence-corrected chi connectivity index (χ1v) is 9.47. The lowest BCUT2D eigenvalue weighted by molar-refractivity contribution is 0.221. The van der Waals surface area contributed by atoms with Gasteiger partial charge < -0.3 is 10.4 Å². The highest BCUT2D eigenvalue weighted by atomic mass is 32.1. The highest BCUT2D eigenvalue weighted by Crippen LogP contribution is 2.35. The van der Waals surface area contributed by atoms with E-state index < -0.39 is 0 Å². The topological polar surface area (TPSA) is 95.3 Å². The van der Waals surface area contributed by atoms with Crippen LogP contribution in [0.4, 0.5) is 5.82 Å². The summed E-state index contributed by atoms with van der Waals surface area (Å²) in [7, 11) is 1.89. The Morgan fingerprint density at radius 2 is 2.20 bits per heavy atom. The van der Waals surface area contributed by atoms with Crippen molar-refractivity contribution in [1.82, 2.24) is 20.3 Å². The molecule has 0 aliphatic carbocycles. The number of fused-ring (bicyclic) bond motifs is 1. The van der Waals surface area contributed by atoms with Gasteiger partial charge in [0.1, 0.15) is 16.2 Å². The molecule has 0 radical (unpaired) electrons. The van der Waals surface area contributed by atoms with Crippen LogP contribution in [-0.2, 0) is 12.0 Å². The summed E-state index contributed by atoms with van der Waals surface area (Å²) in [5, 5.41) is 20.6. The minimum Gasteiger partial charge on any atom is -0.395 e. The summed E-state index contributed by atoms with van der Waals surface area (Å²) in [6.07, 6.45) is 3.20. The van der Waals surface area contributed by atoms with E-state index in [4.69, 9.17) is 0 Å². The van der Waals surface area contributed by atoms with Crippen molar-refractivity contribution < 1.29 is 5.11 Å². The quantitative estimate of drug-likeness (QED) is 0.433. The van der Waals surface area contributed by atoms with Gasteiger partial charge in [-0.3, -0.25) is 5.43 Å². The minimum atomic E-state index is -0.309. The molecular weight excluding hydrogens is 356 g/mol. The Hall–Kier alpha value is -1.94. The van der Waals surface area contributed by atoms with Crippen LogP contribution in [0.15, 0.2) is 22.9 Å². The number of anilines is 1. The fourth-order valence-corrected chi connectivity index (χ4v) is 3.92. The number of aromatic nitrogens is 3. The maximum atomic E-state index is 9.57. The standard InChI is InChI=1S/C16H20N6OS2/c1-16(2,8-23)12-4-11-14(18-9-19-15(11)25-12)22-20-6-13-21-10(5-17-3)7-24-13/h4,6-7,9,17,23H,5,8H2,1-3H3,(H,18,19,22)/b20-6+. The predicted octanol–water partition coefficient (Wildman–Crippen LogP) is 2.58. The lowest BCUT2D eigenvalue weighted by atomic mass is 9.93. The maximum Gasteiger partial charge on any atom is 0.158 e. The zero-order chi connectivity index (χ0) is 17.9. The van der Waals surface area contributed by atoms with Gasteiger partial charge >= 0.3 is 0 Å². The molecule has 3 rings (SSSR count). The SMILES string of the molecule is CNCc1csc(/C=N/Nc2ncnc3sc(C(C)(C)CO)cc23)n1. The van der Waals surface area contributed by atoms with Crippen LogP contribution >= 0.6 is 22.7 Å². The van der Waals surface area contributed by atoms with Crippen molar-refractivity contribution >= 4 is 44.9 Å². The molecule has 25 heavy (non-hydrogen) atoms. The van der Waals surface area contributed by atoms with E-state index in [0.717, 1.165) is 32.3 Å². The molecule has 3 aromatic heterocycles. The second-order valence-corrected chi connectivity index (χ2v) is 8.09. The van der Waals surface area contributed by atoms with Gasteiger partial charge in [-0.25, -0.2) is 15.0 Å². The van der Waals surface area contributed by atoms with Gasteiger partial charge in [0.2, 0.25) is 0 Å².